The molecule has 0 aliphatic heterocycles. The van der Waals surface area contributed by atoms with Crippen LogP contribution in [-0.2, 0) is 4.74 Å². The van der Waals surface area contributed by atoms with Gasteiger partial charge in [-0.3, -0.25) is 4.79 Å². The molecule has 9 nitrogen and oxygen atoms in total. The van der Waals surface area contributed by atoms with E-state index in [1.165, 1.54) is 19.2 Å². The van der Waals surface area contributed by atoms with E-state index in [0.29, 0.717) is 34.5 Å². The maximum atomic E-state index is 12.5. The van der Waals surface area contributed by atoms with Gasteiger partial charge in [0.15, 0.2) is 5.82 Å². The van der Waals surface area contributed by atoms with Crippen molar-refractivity contribution < 1.29 is 18.8 Å². The summed E-state index contributed by atoms with van der Waals surface area (Å²) in [4.78, 5) is 32.5. The Morgan fingerprint density at radius 2 is 1.89 bits per heavy atom. The zero-order valence-electron chi connectivity index (χ0n) is 14.9. The minimum atomic E-state index is -0.488. The summed E-state index contributed by atoms with van der Waals surface area (Å²) in [6, 6.07) is 9.63. The molecule has 0 fully saturated rings. The second-order valence-corrected chi connectivity index (χ2v) is 5.66. The summed E-state index contributed by atoms with van der Waals surface area (Å²) in [5.74, 6) is 1.01. The molecular formula is C18H17N5O4. The SMILES string of the molecule is COC(=O)c1cccc(NC(=O)c2cc(Nc3cc(C)on3)nc(C)n2)c1. The van der Waals surface area contributed by atoms with Crippen LogP contribution >= 0.6 is 0 Å². The molecule has 2 N–H and O–H groups in total. The van der Waals surface area contributed by atoms with Crippen molar-refractivity contribution in [3.8, 4) is 0 Å². The first-order chi connectivity index (χ1) is 12.9. The molecule has 1 aromatic carbocycles. The summed E-state index contributed by atoms with van der Waals surface area (Å²) in [5.41, 5.74) is 0.937. The number of nitrogens with zero attached hydrogens (tertiary/aromatic N) is 3. The van der Waals surface area contributed by atoms with Gasteiger partial charge >= 0.3 is 5.97 Å². The lowest BCUT2D eigenvalue weighted by Gasteiger charge is -2.08. The molecular weight excluding hydrogens is 350 g/mol. The zero-order valence-corrected chi connectivity index (χ0v) is 14.9. The third-order valence-corrected chi connectivity index (χ3v) is 3.50. The number of ether oxygens (including phenoxy) is 1. The largest absolute Gasteiger partial charge is 0.465 e. The van der Waals surface area contributed by atoms with Crippen LogP contribution in [0.25, 0.3) is 0 Å². The number of amides is 1. The van der Waals surface area contributed by atoms with Crippen molar-refractivity contribution in [1.82, 2.24) is 15.1 Å². The van der Waals surface area contributed by atoms with Crippen molar-refractivity contribution in [2.75, 3.05) is 17.7 Å². The number of hydrogen-bond acceptors (Lipinski definition) is 8. The molecule has 2 heterocycles. The normalized spacial score (nSPS) is 10.3. The lowest BCUT2D eigenvalue weighted by Crippen LogP contribution is -2.16. The highest BCUT2D eigenvalue weighted by Gasteiger charge is 2.13. The van der Waals surface area contributed by atoms with E-state index < -0.39 is 11.9 Å². The van der Waals surface area contributed by atoms with Crippen molar-refractivity contribution in [3.05, 3.63) is 59.2 Å². The van der Waals surface area contributed by atoms with Gasteiger partial charge in [0.25, 0.3) is 5.91 Å². The van der Waals surface area contributed by atoms with Crippen molar-refractivity contribution in [2.45, 2.75) is 13.8 Å². The second kappa shape index (κ2) is 7.65. The van der Waals surface area contributed by atoms with Gasteiger partial charge in [0.05, 0.1) is 12.7 Å². The fraction of sp³-hybridized carbons (Fsp3) is 0.167. The third-order valence-electron chi connectivity index (χ3n) is 3.50. The van der Waals surface area contributed by atoms with E-state index in [2.05, 4.69) is 30.5 Å². The summed E-state index contributed by atoms with van der Waals surface area (Å²) >= 11 is 0. The minimum Gasteiger partial charge on any atom is -0.465 e. The van der Waals surface area contributed by atoms with Crippen LogP contribution in [0.5, 0.6) is 0 Å². The van der Waals surface area contributed by atoms with Crippen LogP contribution in [0.15, 0.2) is 40.9 Å². The fourth-order valence-electron chi connectivity index (χ4n) is 2.34. The Hall–Kier alpha value is -3.75. The van der Waals surface area contributed by atoms with E-state index in [4.69, 9.17) is 4.52 Å². The summed E-state index contributed by atoms with van der Waals surface area (Å²) in [5, 5.41) is 9.49. The van der Waals surface area contributed by atoms with Gasteiger partial charge in [-0.1, -0.05) is 11.2 Å². The molecule has 138 valence electrons. The van der Waals surface area contributed by atoms with Crippen molar-refractivity contribution in [3.63, 3.8) is 0 Å². The number of carbonyl (C=O) groups excluding carboxylic acids is 2. The van der Waals surface area contributed by atoms with Gasteiger partial charge in [0, 0.05) is 17.8 Å². The van der Waals surface area contributed by atoms with Gasteiger partial charge in [0.2, 0.25) is 0 Å². The lowest BCUT2D eigenvalue weighted by atomic mass is 10.2. The molecule has 1 amide bonds. The summed E-state index contributed by atoms with van der Waals surface area (Å²) in [6.07, 6.45) is 0. The van der Waals surface area contributed by atoms with E-state index in [1.807, 2.05) is 0 Å². The molecule has 0 saturated carbocycles. The molecule has 0 radical (unpaired) electrons. The number of anilines is 3. The van der Waals surface area contributed by atoms with E-state index in [1.54, 1.807) is 38.1 Å². The Balaban J connectivity index is 1.79. The van der Waals surface area contributed by atoms with Crippen LogP contribution in [0.1, 0.15) is 32.4 Å². The second-order valence-electron chi connectivity index (χ2n) is 5.66. The maximum absolute atomic E-state index is 12.5. The minimum absolute atomic E-state index is 0.161. The van der Waals surface area contributed by atoms with Crippen LogP contribution in [0.4, 0.5) is 17.3 Å². The van der Waals surface area contributed by atoms with Gasteiger partial charge in [-0.25, -0.2) is 14.8 Å². The molecule has 3 aromatic rings. The average molecular weight is 367 g/mol. The number of hydrogen-bond donors (Lipinski definition) is 2. The lowest BCUT2D eigenvalue weighted by molar-refractivity contribution is 0.0600. The van der Waals surface area contributed by atoms with Gasteiger partial charge < -0.3 is 19.9 Å². The number of methoxy groups -OCH3 is 1. The van der Waals surface area contributed by atoms with Crippen LogP contribution in [0.3, 0.4) is 0 Å². The third kappa shape index (κ3) is 4.46. The predicted octanol–water partition coefficient (Wildman–Crippen LogP) is 2.86. The highest BCUT2D eigenvalue weighted by atomic mass is 16.5. The number of nitrogens with one attached hydrogen (secondary N) is 2. The molecule has 0 bridgehead atoms. The quantitative estimate of drug-likeness (QED) is 0.661. The molecule has 3 rings (SSSR count). The Bertz CT molecular complexity index is 999. The van der Waals surface area contributed by atoms with E-state index >= 15 is 0 Å². The number of rotatable bonds is 5. The Morgan fingerprint density at radius 1 is 1.07 bits per heavy atom. The first-order valence-corrected chi connectivity index (χ1v) is 8.00. The van der Waals surface area contributed by atoms with Gasteiger partial charge in [0.1, 0.15) is 23.1 Å². The summed E-state index contributed by atoms with van der Waals surface area (Å²) in [7, 11) is 1.29. The summed E-state index contributed by atoms with van der Waals surface area (Å²) in [6.45, 7) is 3.44. The Kier molecular flexibility index (Phi) is 5.11. The molecule has 0 unspecified atom stereocenters. The van der Waals surface area contributed by atoms with Crippen molar-refractivity contribution >= 4 is 29.2 Å². The van der Waals surface area contributed by atoms with Crippen LogP contribution < -0.4 is 10.6 Å². The van der Waals surface area contributed by atoms with Crippen molar-refractivity contribution in [1.29, 1.82) is 0 Å². The van der Waals surface area contributed by atoms with Crippen LogP contribution in [0.2, 0.25) is 0 Å². The predicted molar refractivity (Wildman–Crippen MR) is 97.0 cm³/mol. The van der Waals surface area contributed by atoms with Gasteiger partial charge in [-0.05, 0) is 32.0 Å². The average Bonchev–Trinajstić information content (AvgIpc) is 3.05. The maximum Gasteiger partial charge on any atom is 0.337 e. The first kappa shape index (κ1) is 18.1. The number of aryl methyl sites for hydroxylation is 2. The number of carbonyl (C=O) groups is 2. The number of esters is 1. The Labute approximate surface area is 154 Å². The zero-order chi connectivity index (χ0) is 19.4. The monoisotopic (exact) mass is 367 g/mol. The van der Waals surface area contributed by atoms with Crippen LogP contribution in [-0.4, -0.2) is 34.1 Å². The van der Waals surface area contributed by atoms with E-state index in [-0.39, 0.29) is 5.69 Å². The topological polar surface area (TPSA) is 119 Å². The number of aromatic nitrogens is 3. The Morgan fingerprint density at radius 3 is 2.59 bits per heavy atom. The standard InChI is InChI=1S/C18H17N5O4/c1-10-7-16(23-27-10)22-15-9-14(19-11(2)20-15)17(24)21-13-6-4-5-12(8-13)18(25)26-3/h4-9H,1-3H3,(H,21,24)(H,19,20,22,23). The highest BCUT2D eigenvalue weighted by molar-refractivity contribution is 6.04. The molecule has 0 atom stereocenters. The molecule has 2 aromatic heterocycles. The first-order valence-electron chi connectivity index (χ1n) is 8.00. The van der Waals surface area contributed by atoms with Gasteiger partial charge in [-0.15, -0.1) is 0 Å². The van der Waals surface area contributed by atoms with Crippen LogP contribution in [0, 0.1) is 13.8 Å². The molecule has 0 spiro atoms. The van der Waals surface area contributed by atoms with E-state index in [0.717, 1.165) is 0 Å². The molecule has 27 heavy (non-hydrogen) atoms. The van der Waals surface area contributed by atoms with Gasteiger partial charge in [-0.2, -0.15) is 0 Å². The highest BCUT2D eigenvalue weighted by Crippen LogP contribution is 2.17. The smallest absolute Gasteiger partial charge is 0.337 e. The van der Waals surface area contributed by atoms with Crippen molar-refractivity contribution in [2.24, 2.45) is 0 Å². The molecule has 9 heteroatoms. The molecule has 0 saturated heterocycles. The van der Waals surface area contributed by atoms with E-state index in [9.17, 15) is 9.59 Å². The molecule has 0 aliphatic rings. The summed E-state index contributed by atoms with van der Waals surface area (Å²) < 4.78 is 9.67. The fourth-order valence-corrected chi connectivity index (χ4v) is 2.34. The number of benzene rings is 1. The molecule has 0 aliphatic carbocycles.